The first-order valence-electron chi connectivity index (χ1n) is 10.2. The van der Waals surface area contributed by atoms with Crippen LogP contribution in [0.2, 0.25) is 0 Å². The van der Waals surface area contributed by atoms with Gasteiger partial charge in [-0.1, -0.05) is 32.0 Å². The second-order valence-electron chi connectivity index (χ2n) is 6.71. The lowest BCUT2D eigenvalue weighted by atomic mass is 9.90. The van der Waals surface area contributed by atoms with Gasteiger partial charge in [-0.3, -0.25) is 0 Å². The van der Waals surface area contributed by atoms with E-state index in [-0.39, 0.29) is 0 Å². The van der Waals surface area contributed by atoms with Crippen LogP contribution < -0.4 is 10.1 Å². The molecule has 8 heteroatoms. The summed E-state index contributed by atoms with van der Waals surface area (Å²) < 4.78 is 5.27. The van der Waals surface area contributed by atoms with Crippen molar-refractivity contribution in [2.75, 3.05) is 19.5 Å². The second-order valence-corrected chi connectivity index (χ2v) is 7.09. The van der Waals surface area contributed by atoms with Crippen molar-refractivity contribution in [2.45, 2.75) is 33.2 Å². The monoisotopic (exact) mass is 463 g/mol. The SMILES string of the molecule is CCC(=C(CC)c1ccc(O)c(CNCCCl)c1)c1ccc(OC)cc1.O=C(O)C(=O)O. The number of phenols is 1. The Morgan fingerprint density at radius 2 is 1.47 bits per heavy atom. The molecule has 0 aliphatic heterocycles. The van der Waals surface area contributed by atoms with E-state index in [4.69, 9.17) is 36.1 Å². The maximum atomic E-state index is 10.2. The molecule has 0 aliphatic rings. The Kier molecular flexibility index (Phi) is 11.9. The molecule has 32 heavy (non-hydrogen) atoms. The normalized spacial score (nSPS) is 11.1. The van der Waals surface area contributed by atoms with Crippen molar-refractivity contribution in [3.05, 3.63) is 59.2 Å². The summed E-state index contributed by atoms with van der Waals surface area (Å²) in [7, 11) is 1.68. The maximum Gasteiger partial charge on any atom is 0.414 e. The third kappa shape index (κ3) is 8.24. The van der Waals surface area contributed by atoms with Gasteiger partial charge in [0.15, 0.2) is 0 Å². The molecule has 0 radical (unpaired) electrons. The average Bonchev–Trinajstić information content (AvgIpc) is 2.79. The van der Waals surface area contributed by atoms with Gasteiger partial charge in [-0.2, -0.15) is 0 Å². The van der Waals surface area contributed by atoms with E-state index in [0.717, 1.165) is 29.7 Å². The van der Waals surface area contributed by atoms with E-state index in [1.165, 1.54) is 16.7 Å². The van der Waals surface area contributed by atoms with Crippen LogP contribution in [-0.4, -0.2) is 46.8 Å². The molecule has 0 unspecified atom stereocenters. The first-order valence-corrected chi connectivity index (χ1v) is 10.7. The van der Waals surface area contributed by atoms with Gasteiger partial charge in [-0.15, -0.1) is 11.6 Å². The smallest absolute Gasteiger partial charge is 0.414 e. The van der Waals surface area contributed by atoms with Gasteiger partial charge in [-0.05, 0) is 59.4 Å². The Bertz CT molecular complexity index is 913. The highest BCUT2D eigenvalue weighted by Gasteiger charge is 2.11. The highest BCUT2D eigenvalue weighted by Crippen LogP contribution is 2.33. The molecule has 0 amide bonds. The third-order valence-electron chi connectivity index (χ3n) is 4.71. The van der Waals surface area contributed by atoms with Gasteiger partial charge in [-0.25, -0.2) is 9.59 Å². The summed E-state index contributed by atoms with van der Waals surface area (Å²) in [5.74, 6) is -1.92. The molecule has 0 fully saturated rings. The number of ether oxygens (including phenoxy) is 1. The minimum Gasteiger partial charge on any atom is -0.508 e. The number of aliphatic carboxylic acids is 2. The predicted octanol–water partition coefficient (Wildman–Crippen LogP) is 4.62. The van der Waals surface area contributed by atoms with Gasteiger partial charge >= 0.3 is 11.9 Å². The Morgan fingerprint density at radius 1 is 0.938 bits per heavy atom. The molecule has 0 saturated carbocycles. The van der Waals surface area contributed by atoms with Crippen molar-refractivity contribution in [3.8, 4) is 11.5 Å². The molecule has 0 aliphatic carbocycles. The van der Waals surface area contributed by atoms with Crippen LogP contribution in [0.4, 0.5) is 0 Å². The van der Waals surface area contributed by atoms with Crippen molar-refractivity contribution in [3.63, 3.8) is 0 Å². The van der Waals surface area contributed by atoms with E-state index in [0.29, 0.717) is 24.7 Å². The van der Waals surface area contributed by atoms with Crippen molar-refractivity contribution in [1.29, 1.82) is 0 Å². The number of allylic oxidation sites excluding steroid dienone is 2. The summed E-state index contributed by atoms with van der Waals surface area (Å²) in [6.45, 7) is 5.67. The fourth-order valence-corrected chi connectivity index (χ4v) is 3.31. The molecule has 0 spiro atoms. The van der Waals surface area contributed by atoms with Gasteiger partial charge in [0.2, 0.25) is 0 Å². The van der Waals surface area contributed by atoms with E-state index in [2.05, 4.69) is 37.4 Å². The van der Waals surface area contributed by atoms with Gasteiger partial charge in [0.1, 0.15) is 11.5 Å². The van der Waals surface area contributed by atoms with E-state index >= 15 is 0 Å². The van der Waals surface area contributed by atoms with Crippen LogP contribution >= 0.6 is 11.6 Å². The number of carboxylic acid groups (broad SMARTS) is 2. The van der Waals surface area contributed by atoms with Gasteiger partial charge in [0, 0.05) is 24.5 Å². The quantitative estimate of drug-likeness (QED) is 0.185. The number of aromatic hydroxyl groups is 1. The summed E-state index contributed by atoms with van der Waals surface area (Å²) in [5, 5.41) is 28.2. The van der Waals surface area contributed by atoms with Crippen LogP contribution in [0.15, 0.2) is 42.5 Å². The highest BCUT2D eigenvalue weighted by molar-refractivity contribution is 6.27. The molecule has 2 aromatic rings. The second kappa shape index (κ2) is 14.1. The summed E-state index contributed by atoms with van der Waals surface area (Å²) in [5.41, 5.74) is 5.88. The summed E-state index contributed by atoms with van der Waals surface area (Å²) in [4.78, 5) is 18.2. The summed E-state index contributed by atoms with van der Waals surface area (Å²) in [6.07, 6.45) is 1.87. The number of carbonyl (C=O) groups is 2. The lowest BCUT2D eigenvalue weighted by Crippen LogP contribution is -2.15. The number of alkyl halides is 1. The Hall–Kier alpha value is -3.03. The molecule has 0 aromatic heterocycles. The Morgan fingerprint density at radius 3 is 1.94 bits per heavy atom. The number of halogens is 1. The summed E-state index contributed by atoms with van der Waals surface area (Å²) >= 11 is 5.72. The third-order valence-corrected chi connectivity index (χ3v) is 4.90. The number of hydrogen-bond acceptors (Lipinski definition) is 5. The molecule has 2 rings (SSSR count). The summed E-state index contributed by atoms with van der Waals surface area (Å²) in [6, 6.07) is 14.1. The minimum absolute atomic E-state index is 0.314. The van der Waals surface area contributed by atoms with Crippen LogP contribution in [0.3, 0.4) is 0 Å². The first-order chi connectivity index (χ1) is 15.3. The standard InChI is InChI=1S/C22H28ClNO2.C2H2O4/c1-4-20(16-6-9-19(26-3)10-7-16)21(5-2)17-8-11-22(25)18(14-17)15-24-13-12-23;3-1(4)2(5)6/h6-11,14,24-25H,4-5,12-13,15H2,1-3H3;(H,3,4)(H,5,6). The topological polar surface area (TPSA) is 116 Å². The van der Waals surface area contributed by atoms with Crippen molar-refractivity contribution >= 4 is 34.7 Å². The first kappa shape index (κ1) is 27.0. The van der Waals surface area contributed by atoms with E-state index in [1.54, 1.807) is 13.2 Å². The Balaban J connectivity index is 0.000000751. The molecule has 0 saturated heterocycles. The average molecular weight is 464 g/mol. The van der Waals surface area contributed by atoms with E-state index < -0.39 is 11.9 Å². The number of phenolic OH excluding ortho intramolecular Hbond substituents is 1. The maximum absolute atomic E-state index is 10.2. The van der Waals surface area contributed by atoms with Crippen LogP contribution in [0, 0.1) is 0 Å². The van der Waals surface area contributed by atoms with Crippen LogP contribution in [0.25, 0.3) is 11.1 Å². The number of hydrogen-bond donors (Lipinski definition) is 4. The van der Waals surface area contributed by atoms with Crippen LogP contribution in [-0.2, 0) is 16.1 Å². The number of benzene rings is 2. The lowest BCUT2D eigenvalue weighted by Gasteiger charge is -2.16. The molecule has 174 valence electrons. The minimum atomic E-state index is -1.82. The lowest BCUT2D eigenvalue weighted by molar-refractivity contribution is -0.159. The zero-order chi connectivity index (χ0) is 24.1. The van der Waals surface area contributed by atoms with Gasteiger partial charge in [0.25, 0.3) is 0 Å². The molecule has 0 atom stereocenters. The highest BCUT2D eigenvalue weighted by atomic mass is 35.5. The molecule has 0 heterocycles. The van der Waals surface area contributed by atoms with Crippen molar-refractivity contribution < 1.29 is 29.6 Å². The number of nitrogens with one attached hydrogen (secondary N) is 1. The Labute approximate surface area is 193 Å². The molecule has 2 aromatic carbocycles. The molecular formula is C24H30ClNO6. The largest absolute Gasteiger partial charge is 0.508 e. The molecule has 4 N–H and O–H groups in total. The van der Waals surface area contributed by atoms with Gasteiger partial charge < -0.3 is 25.4 Å². The van der Waals surface area contributed by atoms with Crippen molar-refractivity contribution in [2.24, 2.45) is 0 Å². The van der Waals surface area contributed by atoms with E-state index in [1.807, 2.05) is 18.2 Å². The molecular weight excluding hydrogens is 434 g/mol. The zero-order valence-corrected chi connectivity index (χ0v) is 19.3. The molecule has 7 nitrogen and oxygen atoms in total. The number of rotatable bonds is 9. The predicted molar refractivity (Wildman–Crippen MR) is 126 cm³/mol. The van der Waals surface area contributed by atoms with Crippen LogP contribution in [0.1, 0.15) is 43.4 Å². The molecule has 0 bridgehead atoms. The number of carboxylic acids is 2. The number of methoxy groups -OCH3 is 1. The van der Waals surface area contributed by atoms with Crippen LogP contribution in [0.5, 0.6) is 11.5 Å². The fraction of sp³-hybridized carbons (Fsp3) is 0.333. The zero-order valence-electron chi connectivity index (χ0n) is 18.5. The van der Waals surface area contributed by atoms with Crippen molar-refractivity contribution in [1.82, 2.24) is 5.32 Å². The fourth-order valence-electron chi connectivity index (χ4n) is 3.18. The van der Waals surface area contributed by atoms with E-state index in [9.17, 15) is 5.11 Å². The van der Waals surface area contributed by atoms with Gasteiger partial charge in [0.05, 0.1) is 7.11 Å².